The molecule has 4 aromatic rings. The van der Waals surface area contributed by atoms with Gasteiger partial charge in [0, 0.05) is 66.7 Å². The quantitative estimate of drug-likeness (QED) is 0.411. The van der Waals surface area contributed by atoms with Crippen molar-refractivity contribution in [3.8, 4) is 0 Å². The van der Waals surface area contributed by atoms with Crippen molar-refractivity contribution in [3.63, 3.8) is 0 Å². The Hall–Kier alpha value is -3.68. The number of carbonyl (C=O) groups is 2. The molecule has 1 N–H and O–H groups in total. The van der Waals surface area contributed by atoms with Crippen molar-refractivity contribution < 1.29 is 9.59 Å². The van der Waals surface area contributed by atoms with Gasteiger partial charge in [-0.3, -0.25) is 24.4 Å². The van der Waals surface area contributed by atoms with Crippen molar-refractivity contribution in [2.75, 3.05) is 44.2 Å². The molecule has 0 spiro atoms. The van der Waals surface area contributed by atoms with Gasteiger partial charge >= 0.3 is 0 Å². The predicted molar refractivity (Wildman–Crippen MR) is 142 cm³/mol. The maximum Gasteiger partial charge on any atom is 0.275 e. The van der Waals surface area contributed by atoms with Crippen molar-refractivity contribution >= 4 is 40.0 Å². The van der Waals surface area contributed by atoms with E-state index in [4.69, 9.17) is 11.6 Å². The largest absolute Gasteiger partial charge is 0.351 e. The van der Waals surface area contributed by atoms with Gasteiger partial charge in [0.2, 0.25) is 5.91 Å². The summed E-state index contributed by atoms with van der Waals surface area (Å²) in [6.45, 7) is 3.87. The number of hydrogen-bond acceptors (Lipinski definition) is 4. The van der Waals surface area contributed by atoms with E-state index in [2.05, 4.69) is 14.9 Å². The summed E-state index contributed by atoms with van der Waals surface area (Å²) in [6.07, 6.45) is 4.59. The van der Waals surface area contributed by atoms with Crippen LogP contribution in [-0.2, 0) is 11.2 Å². The summed E-state index contributed by atoms with van der Waals surface area (Å²) in [5.41, 5.74) is 3.19. The second kappa shape index (κ2) is 10.9. The summed E-state index contributed by atoms with van der Waals surface area (Å²) in [7, 11) is 0. The summed E-state index contributed by atoms with van der Waals surface area (Å²) < 4.78 is 0. The van der Waals surface area contributed by atoms with Gasteiger partial charge in [0.05, 0.1) is 0 Å². The van der Waals surface area contributed by atoms with E-state index in [9.17, 15) is 9.59 Å². The number of nitrogens with zero attached hydrogens (tertiary/aromatic N) is 4. The second-order valence-electron chi connectivity index (χ2n) is 8.97. The van der Waals surface area contributed by atoms with Crippen LogP contribution >= 0.6 is 11.6 Å². The molecule has 0 bridgehead atoms. The number of fused-ring (bicyclic) bond motifs is 1. The summed E-state index contributed by atoms with van der Waals surface area (Å²) in [4.78, 5) is 39.9. The van der Waals surface area contributed by atoms with Gasteiger partial charge in [-0.1, -0.05) is 29.8 Å². The average Bonchev–Trinajstić information content (AvgIpc) is 3.35. The number of nitrogens with one attached hydrogen (secondary N) is 1. The number of rotatable bonds is 7. The number of aromatic amines is 1. The molecule has 0 aliphatic carbocycles. The zero-order chi connectivity index (χ0) is 24.9. The molecule has 184 valence electrons. The van der Waals surface area contributed by atoms with Crippen molar-refractivity contribution in [1.82, 2.24) is 19.8 Å². The van der Waals surface area contributed by atoms with Gasteiger partial charge in [-0.25, -0.2) is 0 Å². The molecule has 2 aromatic carbocycles. The molecule has 2 aromatic heterocycles. The number of amides is 2. The van der Waals surface area contributed by atoms with Crippen LogP contribution in [0.1, 0.15) is 16.1 Å². The molecule has 1 aliphatic heterocycles. The summed E-state index contributed by atoms with van der Waals surface area (Å²) in [5.74, 6) is -0.307. The number of halogens is 1. The van der Waals surface area contributed by atoms with Crippen LogP contribution in [0.15, 0.2) is 79.1 Å². The molecule has 0 saturated carbocycles. The Morgan fingerprint density at radius 2 is 1.69 bits per heavy atom. The smallest absolute Gasteiger partial charge is 0.275 e. The normalized spacial score (nSPS) is 14.2. The van der Waals surface area contributed by atoms with E-state index in [1.807, 2.05) is 71.9 Å². The number of para-hydroxylation sites is 1. The lowest BCUT2D eigenvalue weighted by atomic mass is 10.2. The number of anilines is 1. The topological polar surface area (TPSA) is 72.5 Å². The minimum Gasteiger partial charge on any atom is -0.351 e. The summed E-state index contributed by atoms with van der Waals surface area (Å²) in [6, 6.07) is 20.6. The molecule has 1 fully saturated rings. The fourth-order valence-corrected chi connectivity index (χ4v) is 4.73. The van der Waals surface area contributed by atoms with Gasteiger partial charge in [-0.05, 0) is 60.5 Å². The Labute approximate surface area is 215 Å². The number of H-pyrrole nitrogens is 1. The van der Waals surface area contributed by atoms with Crippen LogP contribution in [0.4, 0.5) is 5.69 Å². The number of piperazine rings is 1. The van der Waals surface area contributed by atoms with E-state index >= 15 is 0 Å². The SMILES string of the molecule is O=C(CN(C(=O)c1cc2cc(Cl)ccc2[nH]1)c1ccccc1)N1CCN(CCc2ccncc2)CC1. The number of benzene rings is 2. The second-order valence-corrected chi connectivity index (χ2v) is 9.41. The minimum absolute atomic E-state index is 0.0179. The Morgan fingerprint density at radius 3 is 2.44 bits per heavy atom. The van der Waals surface area contributed by atoms with Crippen LogP contribution in [0.3, 0.4) is 0 Å². The molecular formula is C28H28ClN5O2. The van der Waals surface area contributed by atoms with Crippen molar-refractivity contribution in [1.29, 1.82) is 0 Å². The van der Waals surface area contributed by atoms with Crippen LogP contribution in [0.2, 0.25) is 5.02 Å². The molecule has 36 heavy (non-hydrogen) atoms. The van der Waals surface area contributed by atoms with Crippen molar-refractivity contribution in [3.05, 3.63) is 95.4 Å². The Morgan fingerprint density at radius 1 is 0.944 bits per heavy atom. The predicted octanol–water partition coefficient (Wildman–Crippen LogP) is 4.25. The molecule has 0 radical (unpaired) electrons. The lowest BCUT2D eigenvalue weighted by Crippen LogP contribution is -2.52. The van der Waals surface area contributed by atoms with E-state index in [0.717, 1.165) is 37.0 Å². The Kier molecular flexibility index (Phi) is 7.30. The first-order chi connectivity index (χ1) is 17.6. The minimum atomic E-state index is -0.252. The summed E-state index contributed by atoms with van der Waals surface area (Å²) in [5, 5.41) is 1.46. The molecule has 5 rings (SSSR count). The van der Waals surface area contributed by atoms with Crippen molar-refractivity contribution in [2.45, 2.75) is 6.42 Å². The standard InChI is InChI=1S/C28H28ClN5O2/c29-23-6-7-25-22(18-23)19-26(31-25)28(36)34(24-4-2-1-3-5-24)20-27(35)33-16-14-32(15-17-33)13-10-21-8-11-30-12-9-21/h1-9,11-12,18-19,31H,10,13-17,20H2. The highest BCUT2D eigenvalue weighted by atomic mass is 35.5. The average molecular weight is 502 g/mol. The molecule has 0 atom stereocenters. The van der Waals surface area contributed by atoms with E-state index in [0.29, 0.717) is 29.5 Å². The van der Waals surface area contributed by atoms with Gasteiger partial charge in [0.1, 0.15) is 12.2 Å². The van der Waals surface area contributed by atoms with E-state index < -0.39 is 0 Å². The van der Waals surface area contributed by atoms with Crippen LogP contribution in [0, 0.1) is 0 Å². The number of pyridine rings is 1. The first-order valence-electron chi connectivity index (χ1n) is 12.1. The van der Waals surface area contributed by atoms with Gasteiger partial charge < -0.3 is 9.88 Å². The fraction of sp³-hybridized carbons (Fsp3) is 0.250. The van der Waals surface area contributed by atoms with Crippen LogP contribution in [0.25, 0.3) is 10.9 Å². The molecule has 7 nitrogen and oxygen atoms in total. The van der Waals surface area contributed by atoms with Crippen LogP contribution in [0.5, 0.6) is 0 Å². The monoisotopic (exact) mass is 501 g/mol. The molecular weight excluding hydrogens is 474 g/mol. The van der Waals surface area contributed by atoms with E-state index in [1.54, 1.807) is 17.0 Å². The lowest BCUT2D eigenvalue weighted by molar-refractivity contribution is -0.131. The molecule has 8 heteroatoms. The Bertz CT molecular complexity index is 1330. The lowest BCUT2D eigenvalue weighted by Gasteiger charge is -2.35. The van der Waals surface area contributed by atoms with Crippen LogP contribution in [-0.4, -0.2) is 70.9 Å². The first kappa shape index (κ1) is 24.0. The molecule has 0 unspecified atom stereocenters. The van der Waals surface area contributed by atoms with Gasteiger partial charge in [0.25, 0.3) is 5.91 Å². The molecule has 2 amide bonds. The Balaban J connectivity index is 1.25. The van der Waals surface area contributed by atoms with Crippen LogP contribution < -0.4 is 4.90 Å². The van der Waals surface area contributed by atoms with E-state index in [1.165, 1.54) is 5.56 Å². The first-order valence-corrected chi connectivity index (χ1v) is 12.5. The zero-order valence-corrected chi connectivity index (χ0v) is 20.7. The highest BCUT2D eigenvalue weighted by Gasteiger charge is 2.27. The van der Waals surface area contributed by atoms with Gasteiger partial charge in [-0.15, -0.1) is 0 Å². The third-order valence-corrected chi connectivity index (χ3v) is 6.85. The van der Waals surface area contributed by atoms with E-state index in [-0.39, 0.29) is 18.4 Å². The highest BCUT2D eigenvalue weighted by molar-refractivity contribution is 6.31. The molecule has 1 saturated heterocycles. The number of carbonyl (C=O) groups excluding carboxylic acids is 2. The van der Waals surface area contributed by atoms with Gasteiger partial charge in [-0.2, -0.15) is 0 Å². The maximum absolute atomic E-state index is 13.6. The molecule has 3 heterocycles. The maximum atomic E-state index is 13.6. The van der Waals surface area contributed by atoms with Gasteiger partial charge in [0.15, 0.2) is 0 Å². The summed E-state index contributed by atoms with van der Waals surface area (Å²) >= 11 is 6.12. The number of aromatic nitrogens is 2. The third kappa shape index (κ3) is 5.58. The molecule has 1 aliphatic rings. The zero-order valence-electron chi connectivity index (χ0n) is 19.9. The van der Waals surface area contributed by atoms with Crippen molar-refractivity contribution in [2.24, 2.45) is 0 Å². The third-order valence-electron chi connectivity index (χ3n) is 6.61. The number of hydrogen-bond donors (Lipinski definition) is 1. The fourth-order valence-electron chi connectivity index (χ4n) is 4.55. The highest BCUT2D eigenvalue weighted by Crippen LogP contribution is 2.23.